The van der Waals surface area contributed by atoms with Gasteiger partial charge in [-0.1, -0.05) is 12.1 Å². The quantitative estimate of drug-likeness (QED) is 0.741. The molecule has 6 heteroatoms. The number of carbonyl (C=O) groups excluding carboxylic acids is 1. The van der Waals surface area contributed by atoms with Crippen molar-refractivity contribution in [1.82, 2.24) is 4.98 Å². The molecule has 4 nitrogen and oxygen atoms in total. The highest BCUT2D eigenvalue weighted by Gasteiger charge is 2.09. The first-order chi connectivity index (χ1) is 11.1. The Hall–Kier alpha value is -2.18. The zero-order valence-electron chi connectivity index (χ0n) is 12.8. The fraction of sp³-hybridized carbons (Fsp3) is 0.176. The van der Waals surface area contributed by atoms with E-state index in [9.17, 15) is 4.79 Å². The van der Waals surface area contributed by atoms with Crippen molar-refractivity contribution in [2.75, 3.05) is 11.9 Å². The molecule has 3 aromatic rings. The Balaban J connectivity index is 1.56. The molecule has 0 aliphatic heterocycles. The summed E-state index contributed by atoms with van der Waals surface area (Å²) in [5, 5.41) is 7.29. The molecule has 0 radical (unpaired) electrons. The lowest BCUT2D eigenvalue weighted by Crippen LogP contribution is -2.20. The number of nitrogens with one attached hydrogen (secondary N) is 1. The number of thiazole rings is 1. The van der Waals surface area contributed by atoms with Gasteiger partial charge in [0.15, 0.2) is 11.7 Å². The maximum atomic E-state index is 12.0. The normalized spacial score (nSPS) is 10.5. The van der Waals surface area contributed by atoms with E-state index in [1.165, 1.54) is 16.9 Å². The average Bonchev–Trinajstić information content (AvgIpc) is 3.19. The smallest absolute Gasteiger partial charge is 0.264 e. The third kappa shape index (κ3) is 3.97. The van der Waals surface area contributed by atoms with Gasteiger partial charge in [0.05, 0.1) is 10.6 Å². The van der Waals surface area contributed by atoms with Gasteiger partial charge in [0, 0.05) is 5.38 Å². The summed E-state index contributed by atoms with van der Waals surface area (Å²) in [5.41, 5.74) is 3.23. The van der Waals surface area contributed by atoms with Gasteiger partial charge in [0.25, 0.3) is 5.91 Å². The number of benzene rings is 1. The molecule has 0 spiro atoms. The van der Waals surface area contributed by atoms with E-state index in [-0.39, 0.29) is 12.5 Å². The first-order valence-corrected chi connectivity index (χ1v) is 8.87. The molecule has 0 saturated heterocycles. The molecule has 0 bridgehead atoms. The van der Waals surface area contributed by atoms with Crippen LogP contribution in [0.15, 0.2) is 41.1 Å². The van der Waals surface area contributed by atoms with Gasteiger partial charge < -0.3 is 4.74 Å². The van der Waals surface area contributed by atoms with Gasteiger partial charge >= 0.3 is 0 Å². The molecule has 0 atom stereocenters. The van der Waals surface area contributed by atoms with Crippen molar-refractivity contribution in [1.29, 1.82) is 0 Å². The van der Waals surface area contributed by atoms with Crippen molar-refractivity contribution < 1.29 is 9.53 Å². The van der Waals surface area contributed by atoms with E-state index in [1.54, 1.807) is 11.3 Å². The first-order valence-electron chi connectivity index (χ1n) is 7.11. The summed E-state index contributed by atoms with van der Waals surface area (Å²) in [6.07, 6.45) is 0. The summed E-state index contributed by atoms with van der Waals surface area (Å²) in [6.45, 7) is 4.03. The topological polar surface area (TPSA) is 51.2 Å². The van der Waals surface area contributed by atoms with Crippen LogP contribution < -0.4 is 10.1 Å². The van der Waals surface area contributed by atoms with Crippen molar-refractivity contribution in [2.45, 2.75) is 13.8 Å². The molecule has 118 valence electrons. The minimum absolute atomic E-state index is 0.0313. The standard InChI is InChI=1S/C17H16N2O2S2/c1-11-5-6-13(8-12(11)2)21-9-16(20)19-17-18-14(10-23-17)15-4-3-7-22-15/h3-8,10H,9H2,1-2H3,(H,18,19,20). The highest BCUT2D eigenvalue weighted by atomic mass is 32.1. The average molecular weight is 344 g/mol. The van der Waals surface area contributed by atoms with E-state index in [2.05, 4.69) is 10.3 Å². The highest BCUT2D eigenvalue weighted by Crippen LogP contribution is 2.28. The lowest BCUT2D eigenvalue weighted by molar-refractivity contribution is -0.118. The van der Waals surface area contributed by atoms with Crippen molar-refractivity contribution >= 4 is 33.7 Å². The maximum absolute atomic E-state index is 12.0. The number of carbonyl (C=O) groups is 1. The number of aryl methyl sites for hydroxylation is 2. The Kier molecular flexibility index (Phi) is 4.73. The van der Waals surface area contributed by atoms with Gasteiger partial charge in [0.2, 0.25) is 0 Å². The van der Waals surface area contributed by atoms with Crippen molar-refractivity contribution in [3.8, 4) is 16.3 Å². The van der Waals surface area contributed by atoms with Gasteiger partial charge in [0.1, 0.15) is 5.75 Å². The van der Waals surface area contributed by atoms with E-state index in [4.69, 9.17) is 4.74 Å². The number of ether oxygens (including phenoxy) is 1. The van der Waals surface area contributed by atoms with E-state index in [1.807, 2.05) is 54.9 Å². The second-order valence-corrected chi connectivity index (χ2v) is 6.90. The molecule has 1 aromatic carbocycles. The van der Waals surface area contributed by atoms with Crippen LogP contribution in [0.3, 0.4) is 0 Å². The van der Waals surface area contributed by atoms with E-state index < -0.39 is 0 Å². The molecule has 0 aliphatic carbocycles. The van der Waals surface area contributed by atoms with E-state index in [0.717, 1.165) is 16.1 Å². The Morgan fingerprint density at radius 3 is 2.83 bits per heavy atom. The zero-order valence-corrected chi connectivity index (χ0v) is 14.5. The minimum Gasteiger partial charge on any atom is -0.484 e. The molecule has 23 heavy (non-hydrogen) atoms. The number of hydrogen-bond acceptors (Lipinski definition) is 5. The van der Waals surface area contributed by atoms with Crippen LogP contribution in [-0.2, 0) is 4.79 Å². The van der Waals surface area contributed by atoms with Gasteiger partial charge in [-0.2, -0.15) is 0 Å². The predicted molar refractivity (Wildman–Crippen MR) is 95.5 cm³/mol. The van der Waals surface area contributed by atoms with E-state index >= 15 is 0 Å². The Morgan fingerprint density at radius 2 is 2.09 bits per heavy atom. The fourth-order valence-corrected chi connectivity index (χ4v) is 3.46. The molecule has 0 fully saturated rings. The van der Waals surface area contributed by atoms with Crippen LogP contribution in [0.1, 0.15) is 11.1 Å². The minimum atomic E-state index is -0.213. The van der Waals surface area contributed by atoms with Gasteiger partial charge in [-0.05, 0) is 48.6 Å². The van der Waals surface area contributed by atoms with Crippen LogP contribution in [0.25, 0.3) is 10.6 Å². The van der Waals surface area contributed by atoms with Gasteiger partial charge in [-0.15, -0.1) is 22.7 Å². The Labute approximate surface area is 142 Å². The summed E-state index contributed by atoms with van der Waals surface area (Å²) in [4.78, 5) is 17.5. The van der Waals surface area contributed by atoms with Gasteiger partial charge in [-0.3, -0.25) is 10.1 Å². The predicted octanol–water partition coefficient (Wildman–Crippen LogP) is 4.51. The van der Waals surface area contributed by atoms with Crippen LogP contribution in [0, 0.1) is 13.8 Å². The van der Waals surface area contributed by atoms with Crippen molar-refractivity contribution in [3.05, 3.63) is 52.2 Å². The summed E-state index contributed by atoms with van der Waals surface area (Å²) >= 11 is 3.04. The Morgan fingerprint density at radius 1 is 1.22 bits per heavy atom. The van der Waals surface area contributed by atoms with Crippen LogP contribution in [0.2, 0.25) is 0 Å². The summed E-state index contributed by atoms with van der Waals surface area (Å²) in [6, 6.07) is 9.77. The molecular formula is C17H16N2O2S2. The Bertz CT molecular complexity index is 810. The van der Waals surface area contributed by atoms with Crippen LogP contribution in [-0.4, -0.2) is 17.5 Å². The number of rotatable bonds is 5. The molecule has 0 saturated carbocycles. The lowest BCUT2D eigenvalue weighted by Gasteiger charge is -2.07. The largest absolute Gasteiger partial charge is 0.484 e. The molecule has 0 aliphatic rings. The highest BCUT2D eigenvalue weighted by molar-refractivity contribution is 7.16. The number of nitrogens with zero attached hydrogens (tertiary/aromatic N) is 1. The second kappa shape index (κ2) is 6.93. The summed E-state index contributed by atoms with van der Waals surface area (Å²) in [5.74, 6) is 0.483. The molecular weight excluding hydrogens is 328 g/mol. The number of aromatic nitrogens is 1. The first kappa shape index (κ1) is 15.7. The number of amides is 1. The van der Waals surface area contributed by atoms with Crippen LogP contribution in [0.5, 0.6) is 5.75 Å². The summed E-state index contributed by atoms with van der Waals surface area (Å²) in [7, 11) is 0. The molecule has 1 N–H and O–H groups in total. The zero-order chi connectivity index (χ0) is 16.2. The van der Waals surface area contributed by atoms with E-state index in [0.29, 0.717) is 10.9 Å². The number of hydrogen-bond donors (Lipinski definition) is 1. The lowest BCUT2D eigenvalue weighted by atomic mass is 10.1. The number of thiophene rings is 1. The van der Waals surface area contributed by atoms with Crippen molar-refractivity contribution in [2.24, 2.45) is 0 Å². The third-order valence-electron chi connectivity index (χ3n) is 3.37. The second-order valence-electron chi connectivity index (χ2n) is 5.10. The monoisotopic (exact) mass is 344 g/mol. The molecule has 1 amide bonds. The van der Waals surface area contributed by atoms with Gasteiger partial charge in [-0.25, -0.2) is 4.98 Å². The third-order valence-corrected chi connectivity index (χ3v) is 5.02. The molecule has 2 aromatic heterocycles. The fourth-order valence-electron chi connectivity index (χ4n) is 1.98. The van der Waals surface area contributed by atoms with Crippen LogP contribution in [0.4, 0.5) is 5.13 Å². The SMILES string of the molecule is Cc1ccc(OCC(=O)Nc2nc(-c3cccs3)cs2)cc1C. The van der Waals surface area contributed by atoms with Crippen LogP contribution >= 0.6 is 22.7 Å². The maximum Gasteiger partial charge on any atom is 0.264 e. The molecule has 3 rings (SSSR count). The molecule has 2 heterocycles. The summed E-state index contributed by atoms with van der Waals surface area (Å²) < 4.78 is 5.52. The number of anilines is 1. The molecule has 0 unspecified atom stereocenters. The van der Waals surface area contributed by atoms with Crippen molar-refractivity contribution in [3.63, 3.8) is 0 Å².